The van der Waals surface area contributed by atoms with Crippen LogP contribution in [0.15, 0.2) is 11.6 Å². The van der Waals surface area contributed by atoms with Crippen LogP contribution in [0.3, 0.4) is 0 Å². The molecular weight excluding hydrogens is 166 g/mol. The van der Waals surface area contributed by atoms with Crippen molar-refractivity contribution in [3.05, 3.63) is 11.6 Å². The van der Waals surface area contributed by atoms with Crippen LogP contribution < -0.4 is 0 Å². The molecule has 13 heavy (non-hydrogen) atoms. The molecule has 0 spiro atoms. The molecule has 0 radical (unpaired) electrons. The summed E-state index contributed by atoms with van der Waals surface area (Å²) in [4.78, 5) is 10.5. The Hall–Kier alpha value is -1.30. The van der Waals surface area contributed by atoms with E-state index >= 15 is 0 Å². The number of carboxylic acids is 1. The summed E-state index contributed by atoms with van der Waals surface area (Å²) in [6.45, 7) is 0. The normalized spacial score (nSPS) is 19.5. The zero-order valence-electron chi connectivity index (χ0n) is 7.49. The molecular formula is C10H13NO2. The number of carbonyl (C=O) groups is 1. The lowest BCUT2D eigenvalue weighted by Gasteiger charge is -2.17. The molecule has 0 amide bonds. The van der Waals surface area contributed by atoms with E-state index in [0.29, 0.717) is 5.92 Å². The number of nitrogens with zero attached hydrogens (tertiary/aromatic N) is 1. The molecule has 70 valence electrons. The third kappa shape index (κ3) is 2.90. The quantitative estimate of drug-likeness (QED) is 0.521. The van der Waals surface area contributed by atoms with Gasteiger partial charge < -0.3 is 5.11 Å². The smallest absolute Gasteiger partial charge is 0.346 e. The van der Waals surface area contributed by atoms with Crippen molar-refractivity contribution >= 4 is 5.97 Å². The lowest BCUT2D eigenvalue weighted by Crippen LogP contribution is -2.07. The Kier molecular flexibility index (Phi) is 3.51. The first-order valence-electron chi connectivity index (χ1n) is 4.59. The van der Waals surface area contributed by atoms with Gasteiger partial charge in [-0.3, -0.25) is 0 Å². The fraction of sp³-hybridized carbons (Fsp3) is 0.600. The molecule has 1 N–H and O–H groups in total. The van der Waals surface area contributed by atoms with Crippen molar-refractivity contribution in [2.75, 3.05) is 0 Å². The van der Waals surface area contributed by atoms with Crippen molar-refractivity contribution in [2.45, 2.75) is 32.1 Å². The largest absolute Gasteiger partial charge is 0.477 e. The van der Waals surface area contributed by atoms with Crippen LogP contribution in [-0.2, 0) is 4.79 Å². The molecule has 3 nitrogen and oxygen atoms in total. The number of allylic oxidation sites excluding steroid dienone is 1. The number of rotatable bonds is 2. The summed E-state index contributed by atoms with van der Waals surface area (Å²) in [5, 5.41) is 17.1. The fourth-order valence-corrected chi connectivity index (χ4v) is 1.69. The van der Waals surface area contributed by atoms with Crippen LogP contribution in [0, 0.1) is 17.2 Å². The third-order valence-corrected chi connectivity index (χ3v) is 2.40. The van der Waals surface area contributed by atoms with Crippen molar-refractivity contribution in [2.24, 2.45) is 5.92 Å². The molecule has 0 aromatic rings. The van der Waals surface area contributed by atoms with Gasteiger partial charge in [0, 0.05) is 0 Å². The van der Waals surface area contributed by atoms with Crippen LogP contribution in [-0.4, -0.2) is 11.1 Å². The topological polar surface area (TPSA) is 61.1 Å². The van der Waals surface area contributed by atoms with Crippen LogP contribution in [0.5, 0.6) is 0 Å². The van der Waals surface area contributed by atoms with Crippen molar-refractivity contribution < 1.29 is 9.90 Å². The van der Waals surface area contributed by atoms with E-state index in [1.807, 2.05) is 0 Å². The highest BCUT2D eigenvalue weighted by molar-refractivity contribution is 5.90. The van der Waals surface area contributed by atoms with Crippen molar-refractivity contribution in [1.82, 2.24) is 0 Å². The van der Waals surface area contributed by atoms with E-state index in [2.05, 4.69) is 0 Å². The second-order valence-electron chi connectivity index (χ2n) is 3.40. The molecule has 0 heterocycles. The minimum absolute atomic E-state index is 0.105. The molecule has 0 aromatic heterocycles. The van der Waals surface area contributed by atoms with Gasteiger partial charge in [-0.15, -0.1) is 0 Å². The zero-order chi connectivity index (χ0) is 9.68. The van der Waals surface area contributed by atoms with Gasteiger partial charge in [0.1, 0.15) is 11.6 Å². The van der Waals surface area contributed by atoms with Crippen LogP contribution >= 0.6 is 0 Å². The van der Waals surface area contributed by atoms with Gasteiger partial charge >= 0.3 is 5.97 Å². The average molecular weight is 179 g/mol. The first kappa shape index (κ1) is 9.79. The molecule has 0 bridgehead atoms. The van der Waals surface area contributed by atoms with E-state index in [1.165, 1.54) is 6.42 Å². The molecule has 0 aliphatic heterocycles. The second kappa shape index (κ2) is 4.66. The molecule has 0 aromatic carbocycles. The Labute approximate surface area is 77.7 Å². The number of nitriles is 1. The monoisotopic (exact) mass is 179 g/mol. The maximum atomic E-state index is 10.5. The Morgan fingerprint density at radius 1 is 1.38 bits per heavy atom. The molecule has 0 unspecified atom stereocenters. The number of hydrogen-bond donors (Lipinski definition) is 1. The second-order valence-corrected chi connectivity index (χ2v) is 3.40. The van der Waals surface area contributed by atoms with Gasteiger partial charge in [0.15, 0.2) is 0 Å². The van der Waals surface area contributed by atoms with Gasteiger partial charge in [-0.1, -0.05) is 25.3 Å². The minimum Gasteiger partial charge on any atom is -0.477 e. The first-order chi connectivity index (χ1) is 6.24. The van der Waals surface area contributed by atoms with E-state index < -0.39 is 5.97 Å². The number of aliphatic carboxylic acids is 1. The summed E-state index contributed by atoms with van der Waals surface area (Å²) in [6.07, 6.45) is 7.21. The summed E-state index contributed by atoms with van der Waals surface area (Å²) in [6, 6.07) is 1.71. The first-order valence-corrected chi connectivity index (χ1v) is 4.59. The highest BCUT2D eigenvalue weighted by Gasteiger charge is 2.14. The summed E-state index contributed by atoms with van der Waals surface area (Å²) in [7, 11) is 0. The Balaban J connectivity index is 2.61. The number of carboxylic acid groups (broad SMARTS) is 1. The highest BCUT2D eigenvalue weighted by Crippen LogP contribution is 2.25. The summed E-state index contributed by atoms with van der Waals surface area (Å²) in [5.41, 5.74) is -0.105. The van der Waals surface area contributed by atoms with Gasteiger partial charge in [-0.2, -0.15) is 5.26 Å². The zero-order valence-corrected chi connectivity index (χ0v) is 7.49. The summed E-state index contributed by atoms with van der Waals surface area (Å²) in [5.74, 6) is -0.799. The minimum atomic E-state index is -1.10. The molecule has 0 atom stereocenters. The van der Waals surface area contributed by atoms with Crippen LogP contribution in [0.4, 0.5) is 0 Å². The highest BCUT2D eigenvalue weighted by atomic mass is 16.4. The van der Waals surface area contributed by atoms with E-state index in [0.717, 1.165) is 25.7 Å². The Morgan fingerprint density at radius 2 is 2.00 bits per heavy atom. The molecule has 1 aliphatic carbocycles. The summed E-state index contributed by atoms with van der Waals surface area (Å²) >= 11 is 0. The van der Waals surface area contributed by atoms with Crippen molar-refractivity contribution in [3.63, 3.8) is 0 Å². The third-order valence-electron chi connectivity index (χ3n) is 2.40. The maximum absolute atomic E-state index is 10.5. The standard InChI is InChI=1S/C10H13NO2/c11-7-9(10(12)13)6-8-4-2-1-3-5-8/h6,8H,1-5H2,(H,12,13)/b9-6+. The van der Waals surface area contributed by atoms with E-state index in [4.69, 9.17) is 10.4 Å². The molecule has 3 heteroatoms. The van der Waals surface area contributed by atoms with Gasteiger partial charge in [0.2, 0.25) is 0 Å². The van der Waals surface area contributed by atoms with Gasteiger partial charge in [-0.05, 0) is 18.8 Å². The summed E-state index contributed by atoms with van der Waals surface area (Å²) < 4.78 is 0. The van der Waals surface area contributed by atoms with Crippen LogP contribution in [0.25, 0.3) is 0 Å². The van der Waals surface area contributed by atoms with E-state index in [1.54, 1.807) is 12.1 Å². The molecule has 1 aliphatic rings. The molecule has 1 rings (SSSR count). The lowest BCUT2D eigenvalue weighted by atomic mass is 9.88. The fourth-order valence-electron chi connectivity index (χ4n) is 1.69. The Bertz CT molecular complexity index is 257. The maximum Gasteiger partial charge on any atom is 0.346 e. The van der Waals surface area contributed by atoms with Gasteiger partial charge in [0.25, 0.3) is 0 Å². The number of hydrogen-bond acceptors (Lipinski definition) is 2. The van der Waals surface area contributed by atoms with E-state index in [-0.39, 0.29) is 5.57 Å². The lowest BCUT2D eigenvalue weighted by molar-refractivity contribution is -0.132. The van der Waals surface area contributed by atoms with Crippen LogP contribution in [0.1, 0.15) is 32.1 Å². The van der Waals surface area contributed by atoms with Crippen molar-refractivity contribution in [3.8, 4) is 6.07 Å². The predicted molar refractivity (Wildman–Crippen MR) is 47.9 cm³/mol. The molecule has 1 fully saturated rings. The predicted octanol–water partition coefficient (Wildman–Crippen LogP) is 2.10. The molecule has 1 saturated carbocycles. The van der Waals surface area contributed by atoms with E-state index in [9.17, 15) is 4.79 Å². The average Bonchev–Trinajstić information content (AvgIpc) is 2.15. The Morgan fingerprint density at radius 3 is 2.46 bits per heavy atom. The van der Waals surface area contributed by atoms with Crippen molar-refractivity contribution in [1.29, 1.82) is 5.26 Å². The molecule has 0 saturated heterocycles. The van der Waals surface area contributed by atoms with Crippen LogP contribution in [0.2, 0.25) is 0 Å². The van der Waals surface area contributed by atoms with Gasteiger partial charge in [-0.25, -0.2) is 4.79 Å². The van der Waals surface area contributed by atoms with Gasteiger partial charge in [0.05, 0.1) is 0 Å². The SMILES string of the molecule is N#C/C(=C\C1CCCCC1)C(=O)O.